The molecule has 0 atom stereocenters. The molecule has 1 aromatic heterocycles. The van der Waals surface area contributed by atoms with E-state index in [-0.39, 0.29) is 0 Å². The molecule has 2 rings (SSSR count). The lowest BCUT2D eigenvalue weighted by atomic mass is 10.3. The summed E-state index contributed by atoms with van der Waals surface area (Å²) in [5, 5.41) is 10.0. The van der Waals surface area contributed by atoms with Crippen LogP contribution in [0.4, 0.5) is 0 Å². The molecule has 0 amide bonds. The first kappa shape index (κ1) is 18.2. The van der Waals surface area contributed by atoms with Crippen LogP contribution in [0.15, 0.2) is 10.4 Å². The first-order chi connectivity index (χ1) is 11.1. The Hall–Kier alpha value is -1.14. The van der Waals surface area contributed by atoms with E-state index in [1.807, 2.05) is 6.92 Å². The molecule has 23 heavy (non-hydrogen) atoms. The van der Waals surface area contributed by atoms with Crippen molar-refractivity contribution in [1.82, 2.24) is 20.5 Å². The molecular formula is C17H31N5S. The van der Waals surface area contributed by atoms with E-state index in [9.17, 15) is 0 Å². The van der Waals surface area contributed by atoms with Gasteiger partial charge in [0.2, 0.25) is 0 Å². The topological polar surface area (TPSA) is 52.6 Å². The van der Waals surface area contributed by atoms with Crippen LogP contribution in [-0.2, 0) is 6.42 Å². The molecular weight excluding hydrogens is 306 g/mol. The molecule has 0 radical (unpaired) electrons. The number of aryl methyl sites for hydroxylation is 1. The van der Waals surface area contributed by atoms with E-state index in [2.05, 4.69) is 46.7 Å². The molecule has 5 nitrogen and oxygen atoms in total. The number of nitrogens with one attached hydrogen (secondary N) is 2. The summed E-state index contributed by atoms with van der Waals surface area (Å²) in [6, 6.07) is 1.41. The van der Waals surface area contributed by atoms with E-state index in [1.54, 1.807) is 11.3 Å². The number of thiazole rings is 1. The van der Waals surface area contributed by atoms with Crippen LogP contribution < -0.4 is 10.6 Å². The fraction of sp³-hybridized carbons (Fsp3) is 0.765. The molecule has 1 saturated carbocycles. The normalized spacial score (nSPS) is 15.5. The summed E-state index contributed by atoms with van der Waals surface area (Å²) in [6.45, 7) is 12.4. The average Bonchev–Trinajstić information content (AvgIpc) is 3.25. The highest BCUT2D eigenvalue weighted by atomic mass is 32.1. The van der Waals surface area contributed by atoms with Crippen molar-refractivity contribution < 1.29 is 0 Å². The molecule has 0 aliphatic heterocycles. The molecule has 6 heteroatoms. The smallest absolute Gasteiger partial charge is 0.191 e. The van der Waals surface area contributed by atoms with Crippen molar-refractivity contribution in [2.24, 2.45) is 4.99 Å². The van der Waals surface area contributed by atoms with Gasteiger partial charge in [-0.3, -0.25) is 9.89 Å². The first-order valence-corrected chi connectivity index (χ1v) is 9.67. The minimum Gasteiger partial charge on any atom is -0.357 e. The highest BCUT2D eigenvalue weighted by Crippen LogP contribution is 2.28. The molecule has 0 spiro atoms. The van der Waals surface area contributed by atoms with Crippen molar-refractivity contribution in [3.63, 3.8) is 0 Å². The fourth-order valence-corrected chi connectivity index (χ4v) is 3.37. The van der Waals surface area contributed by atoms with E-state index in [0.717, 1.165) is 55.3 Å². The summed E-state index contributed by atoms with van der Waals surface area (Å²) < 4.78 is 0. The summed E-state index contributed by atoms with van der Waals surface area (Å²) in [4.78, 5) is 11.8. The van der Waals surface area contributed by atoms with Gasteiger partial charge in [0.05, 0.1) is 17.2 Å². The molecule has 0 saturated heterocycles. The van der Waals surface area contributed by atoms with Gasteiger partial charge in [-0.2, -0.15) is 0 Å². The van der Waals surface area contributed by atoms with Crippen molar-refractivity contribution in [3.05, 3.63) is 16.1 Å². The van der Waals surface area contributed by atoms with Crippen LogP contribution >= 0.6 is 11.3 Å². The minimum atomic E-state index is 0.612. The summed E-state index contributed by atoms with van der Waals surface area (Å²) in [5.74, 6) is 0.916. The molecule has 2 N–H and O–H groups in total. The maximum atomic E-state index is 4.72. The van der Waals surface area contributed by atoms with E-state index in [0.29, 0.717) is 6.04 Å². The van der Waals surface area contributed by atoms with Gasteiger partial charge in [-0.15, -0.1) is 11.3 Å². The average molecular weight is 338 g/mol. The number of hydrogen-bond donors (Lipinski definition) is 2. The molecule has 1 aliphatic rings. The van der Waals surface area contributed by atoms with Crippen LogP contribution in [0.1, 0.15) is 44.3 Å². The van der Waals surface area contributed by atoms with Crippen molar-refractivity contribution in [2.45, 2.75) is 59.0 Å². The Labute approximate surface area is 144 Å². The number of aromatic nitrogens is 1. The Morgan fingerprint density at radius 2 is 2.22 bits per heavy atom. The van der Waals surface area contributed by atoms with Gasteiger partial charge in [-0.05, 0) is 40.5 Å². The van der Waals surface area contributed by atoms with Crippen LogP contribution in [0.5, 0.6) is 0 Å². The number of aliphatic imine (C=N–C) groups is 1. The molecule has 1 aliphatic carbocycles. The Morgan fingerprint density at radius 1 is 1.43 bits per heavy atom. The number of guanidine groups is 1. The van der Waals surface area contributed by atoms with Gasteiger partial charge >= 0.3 is 0 Å². The van der Waals surface area contributed by atoms with Crippen LogP contribution in [0.2, 0.25) is 0 Å². The second kappa shape index (κ2) is 9.23. The predicted molar refractivity (Wildman–Crippen MR) is 99.4 cm³/mol. The predicted octanol–water partition coefficient (Wildman–Crippen LogP) is 2.42. The summed E-state index contributed by atoms with van der Waals surface area (Å²) in [5.41, 5.74) is 1.16. The quantitative estimate of drug-likeness (QED) is 0.537. The molecule has 0 unspecified atom stereocenters. The van der Waals surface area contributed by atoms with Crippen LogP contribution in [0.25, 0.3) is 0 Å². The Morgan fingerprint density at radius 3 is 2.78 bits per heavy atom. The van der Waals surface area contributed by atoms with Crippen molar-refractivity contribution in [1.29, 1.82) is 0 Å². The van der Waals surface area contributed by atoms with Crippen LogP contribution in [-0.4, -0.2) is 54.1 Å². The number of rotatable bonds is 9. The Kier molecular flexibility index (Phi) is 7.30. The SMILES string of the molecule is CCNC(=NCCN(C(C)C)C1CC1)NCCc1csc(C)n1. The first-order valence-electron chi connectivity index (χ1n) is 8.79. The van der Waals surface area contributed by atoms with Gasteiger partial charge in [-0.1, -0.05) is 0 Å². The van der Waals surface area contributed by atoms with Crippen molar-refractivity contribution in [3.8, 4) is 0 Å². The molecule has 1 aromatic rings. The Bertz CT molecular complexity index is 491. The highest BCUT2D eigenvalue weighted by Gasteiger charge is 2.29. The van der Waals surface area contributed by atoms with Gasteiger partial charge < -0.3 is 10.6 Å². The van der Waals surface area contributed by atoms with E-state index >= 15 is 0 Å². The van der Waals surface area contributed by atoms with E-state index in [1.165, 1.54) is 12.8 Å². The molecule has 1 heterocycles. The lowest BCUT2D eigenvalue weighted by Crippen LogP contribution is -2.40. The number of nitrogens with zero attached hydrogens (tertiary/aromatic N) is 3. The molecule has 130 valence electrons. The van der Waals surface area contributed by atoms with Gasteiger partial charge in [-0.25, -0.2) is 4.98 Å². The highest BCUT2D eigenvalue weighted by molar-refractivity contribution is 7.09. The molecule has 1 fully saturated rings. The van der Waals surface area contributed by atoms with Crippen LogP contribution in [0, 0.1) is 6.92 Å². The molecule has 0 aromatic carbocycles. The number of hydrogen-bond acceptors (Lipinski definition) is 4. The monoisotopic (exact) mass is 337 g/mol. The second-order valence-electron chi connectivity index (χ2n) is 6.36. The summed E-state index contributed by atoms with van der Waals surface area (Å²) >= 11 is 1.71. The largest absolute Gasteiger partial charge is 0.357 e. The zero-order valence-corrected chi connectivity index (χ0v) is 15.7. The van der Waals surface area contributed by atoms with E-state index < -0.39 is 0 Å². The zero-order valence-electron chi connectivity index (χ0n) is 14.9. The third-order valence-corrected chi connectivity index (χ3v) is 4.81. The lowest BCUT2D eigenvalue weighted by molar-refractivity contribution is 0.218. The van der Waals surface area contributed by atoms with Crippen molar-refractivity contribution >= 4 is 17.3 Å². The van der Waals surface area contributed by atoms with Gasteiger partial charge in [0, 0.05) is 43.5 Å². The fourth-order valence-electron chi connectivity index (χ4n) is 2.72. The van der Waals surface area contributed by atoms with Crippen LogP contribution in [0.3, 0.4) is 0 Å². The standard InChI is InChI=1S/C17H31N5S/c1-5-18-17(19-9-8-15-12-23-14(4)21-15)20-10-11-22(13(2)3)16-6-7-16/h12-13,16H,5-11H2,1-4H3,(H2,18,19,20). The maximum absolute atomic E-state index is 4.72. The van der Waals surface area contributed by atoms with Gasteiger partial charge in [0.1, 0.15) is 0 Å². The summed E-state index contributed by atoms with van der Waals surface area (Å²) in [7, 11) is 0. The lowest BCUT2D eigenvalue weighted by Gasteiger charge is -2.25. The Balaban J connectivity index is 1.74. The van der Waals surface area contributed by atoms with E-state index in [4.69, 9.17) is 4.99 Å². The zero-order chi connectivity index (χ0) is 16.7. The minimum absolute atomic E-state index is 0.612. The second-order valence-corrected chi connectivity index (χ2v) is 7.42. The van der Waals surface area contributed by atoms with Gasteiger partial charge in [0.15, 0.2) is 5.96 Å². The third-order valence-electron chi connectivity index (χ3n) is 3.99. The third kappa shape index (κ3) is 6.47. The molecule has 0 bridgehead atoms. The van der Waals surface area contributed by atoms with Crippen molar-refractivity contribution in [2.75, 3.05) is 26.2 Å². The van der Waals surface area contributed by atoms with Gasteiger partial charge in [0.25, 0.3) is 0 Å². The maximum Gasteiger partial charge on any atom is 0.191 e. The summed E-state index contributed by atoms with van der Waals surface area (Å²) in [6.07, 6.45) is 3.65.